The standard InChI is InChI=1S/C23H26N4O4/c1-2-4-23(29)26-15-13-25(14-16-26)20-10-8-19(9-11-20)24-22(28)12-7-18-5-3-6-21(17-18)27(30)31/h3,5-12,17H,2,4,13-16H2,1H3,(H,24,28)/b12-7+. The van der Waals surface area contributed by atoms with Crippen LogP contribution in [0.15, 0.2) is 54.6 Å². The highest BCUT2D eigenvalue weighted by molar-refractivity contribution is 6.02. The van der Waals surface area contributed by atoms with Gasteiger partial charge >= 0.3 is 0 Å². The summed E-state index contributed by atoms with van der Waals surface area (Å²) in [6.45, 7) is 5.03. The third-order valence-corrected chi connectivity index (χ3v) is 5.10. The van der Waals surface area contributed by atoms with E-state index in [9.17, 15) is 19.7 Å². The minimum atomic E-state index is -0.470. The highest BCUT2D eigenvalue weighted by Crippen LogP contribution is 2.20. The Morgan fingerprint density at radius 1 is 1.10 bits per heavy atom. The van der Waals surface area contributed by atoms with Crippen LogP contribution in [-0.4, -0.2) is 47.8 Å². The molecule has 1 heterocycles. The number of carbonyl (C=O) groups is 2. The van der Waals surface area contributed by atoms with E-state index in [4.69, 9.17) is 0 Å². The van der Waals surface area contributed by atoms with Gasteiger partial charge in [-0.25, -0.2) is 0 Å². The molecule has 2 aromatic rings. The van der Waals surface area contributed by atoms with Crippen LogP contribution in [0.25, 0.3) is 6.08 Å². The number of hydrogen-bond donors (Lipinski definition) is 1. The summed E-state index contributed by atoms with van der Waals surface area (Å²) in [5.74, 6) is -0.0966. The van der Waals surface area contributed by atoms with Crippen LogP contribution in [0.3, 0.4) is 0 Å². The Bertz CT molecular complexity index is 964. The average molecular weight is 422 g/mol. The summed E-state index contributed by atoms with van der Waals surface area (Å²) in [7, 11) is 0. The smallest absolute Gasteiger partial charge is 0.270 e. The van der Waals surface area contributed by atoms with E-state index in [-0.39, 0.29) is 17.5 Å². The molecule has 1 N–H and O–H groups in total. The normalized spacial score (nSPS) is 14.0. The van der Waals surface area contributed by atoms with Crippen LogP contribution in [-0.2, 0) is 9.59 Å². The van der Waals surface area contributed by atoms with Crippen LogP contribution < -0.4 is 10.2 Å². The first-order valence-corrected chi connectivity index (χ1v) is 10.3. The number of anilines is 2. The number of nitro benzene ring substituents is 1. The van der Waals surface area contributed by atoms with Gasteiger partial charge in [0.05, 0.1) is 4.92 Å². The lowest BCUT2D eigenvalue weighted by Gasteiger charge is -2.36. The van der Waals surface area contributed by atoms with Crippen molar-refractivity contribution in [1.82, 2.24) is 4.90 Å². The molecule has 8 nitrogen and oxygen atoms in total. The predicted molar refractivity (Wildman–Crippen MR) is 121 cm³/mol. The van der Waals surface area contributed by atoms with Crippen LogP contribution in [0.1, 0.15) is 25.3 Å². The Labute approximate surface area is 181 Å². The molecule has 0 radical (unpaired) electrons. The topological polar surface area (TPSA) is 95.8 Å². The van der Waals surface area contributed by atoms with E-state index < -0.39 is 4.92 Å². The van der Waals surface area contributed by atoms with Crippen molar-refractivity contribution in [2.45, 2.75) is 19.8 Å². The van der Waals surface area contributed by atoms with E-state index in [2.05, 4.69) is 10.2 Å². The van der Waals surface area contributed by atoms with Crippen molar-refractivity contribution in [1.29, 1.82) is 0 Å². The summed E-state index contributed by atoms with van der Waals surface area (Å²) in [6, 6.07) is 13.7. The van der Waals surface area contributed by atoms with Gasteiger partial charge in [-0.3, -0.25) is 19.7 Å². The second kappa shape index (κ2) is 10.4. The van der Waals surface area contributed by atoms with Crippen molar-refractivity contribution in [3.8, 4) is 0 Å². The minimum absolute atomic E-state index is 0.0197. The second-order valence-electron chi connectivity index (χ2n) is 7.34. The first-order chi connectivity index (χ1) is 15.0. The molecule has 1 saturated heterocycles. The molecule has 0 aliphatic carbocycles. The van der Waals surface area contributed by atoms with Crippen molar-refractivity contribution < 1.29 is 14.5 Å². The molecular formula is C23H26N4O4. The number of piperazine rings is 1. The fourth-order valence-electron chi connectivity index (χ4n) is 3.44. The number of nitro groups is 1. The van der Waals surface area contributed by atoms with Crippen LogP contribution in [0.4, 0.5) is 17.1 Å². The Kier molecular flexibility index (Phi) is 7.37. The highest BCUT2D eigenvalue weighted by Gasteiger charge is 2.20. The molecule has 1 aliphatic heterocycles. The number of nitrogens with one attached hydrogen (secondary N) is 1. The maximum absolute atomic E-state index is 12.2. The highest BCUT2D eigenvalue weighted by atomic mass is 16.6. The Balaban J connectivity index is 1.52. The van der Waals surface area contributed by atoms with E-state index in [0.717, 1.165) is 38.3 Å². The van der Waals surface area contributed by atoms with Gasteiger partial charge in [-0.05, 0) is 42.3 Å². The molecular weight excluding hydrogens is 396 g/mol. The molecule has 8 heteroatoms. The van der Waals surface area contributed by atoms with Crippen molar-refractivity contribution >= 4 is 35.0 Å². The first-order valence-electron chi connectivity index (χ1n) is 10.3. The molecule has 1 aliphatic rings. The average Bonchev–Trinajstić information content (AvgIpc) is 2.79. The molecule has 162 valence electrons. The SMILES string of the molecule is CCCC(=O)N1CCN(c2ccc(NC(=O)/C=C/c3cccc([N+](=O)[O-])c3)cc2)CC1. The predicted octanol–water partition coefficient (Wildman–Crippen LogP) is 3.70. The van der Waals surface area contributed by atoms with Gasteiger partial charge in [0, 0.05) is 62.2 Å². The van der Waals surface area contributed by atoms with E-state index >= 15 is 0 Å². The third-order valence-electron chi connectivity index (χ3n) is 5.10. The van der Waals surface area contributed by atoms with Crippen molar-refractivity contribution in [2.24, 2.45) is 0 Å². The van der Waals surface area contributed by atoms with E-state index in [1.54, 1.807) is 12.1 Å². The monoisotopic (exact) mass is 422 g/mol. The zero-order chi connectivity index (χ0) is 22.2. The molecule has 3 rings (SSSR count). The van der Waals surface area contributed by atoms with Gasteiger partial charge < -0.3 is 15.1 Å². The molecule has 2 aromatic carbocycles. The fraction of sp³-hybridized carbons (Fsp3) is 0.304. The van der Waals surface area contributed by atoms with Gasteiger partial charge in [0.25, 0.3) is 5.69 Å². The van der Waals surface area contributed by atoms with Gasteiger partial charge in [0.15, 0.2) is 0 Å². The van der Waals surface area contributed by atoms with Gasteiger partial charge in [-0.15, -0.1) is 0 Å². The number of nitrogens with zero attached hydrogens (tertiary/aromatic N) is 3. The van der Waals surface area contributed by atoms with Crippen molar-refractivity contribution in [3.05, 3.63) is 70.3 Å². The molecule has 31 heavy (non-hydrogen) atoms. The Morgan fingerprint density at radius 2 is 1.81 bits per heavy atom. The van der Waals surface area contributed by atoms with Crippen LogP contribution in [0, 0.1) is 10.1 Å². The minimum Gasteiger partial charge on any atom is -0.368 e. The first kappa shape index (κ1) is 22.0. The summed E-state index contributed by atoms with van der Waals surface area (Å²) in [5.41, 5.74) is 2.27. The number of rotatable bonds is 7. The van der Waals surface area contributed by atoms with Crippen LogP contribution in [0.2, 0.25) is 0 Å². The number of benzene rings is 2. The number of non-ortho nitro benzene ring substituents is 1. The Morgan fingerprint density at radius 3 is 2.45 bits per heavy atom. The number of hydrogen-bond acceptors (Lipinski definition) is 5. The second-order valence-corrected chi connectivity index (χ2v) is 7.34. The van der Waals surface area contributed by atoms with Crippen LogP contribution >= 0.6 is 0 Å². The van der Waals surface area contributed by atoms with E-state index in [1.807, 2.05) is 36.1 Å². The van der Waals surface area contributed by atoms with Gasteiger partial charge in [0.1, 0.15) is 0 Å². The summed E-state index contributed by atoms with van der Waals surface area (Å²) in [4.78, 5) is 38.7. The lowest BCUT2D eigenvalue weighted by molar-refractivity contribution is -0.384. The molecule has 2 amide bonds. The molecule has 0 saturated carbocycles. The number of amides is 2. The van der Waals surface area contributed by atoms with Crippen molar-refractivity contribution in [2.75, 3.05) is 36.4 Å². The summed E-state index contributed by atoms with van der Waals surface area (Å²) in [5, 5.41) is 13.6. The largest absolute Gasteiger partial charge is 0.368 e. The molecule has 0 spiro atoms. The lowest BCUT2D eigenvalue weighted by atomic mass is 10.2. The fourth-order valence-corrected chi connectivity index (χ4v) is 3.44. The van der Waals surface area contributed by atoms with E-state index in [0.29, 0.717) is 17.7 Å². The van der Waals surface area contributed by atoms with Crippen molar-refractivity contribution in [3.63, 3.8) is 0 Å². The zero-order valence-corrected chi connectivity index (χ0v) is 17.5. The summed E-state index contributed by atoms with van der Waals surface area (Å²) in [6.07, 6.45) is 4.35. The molecule has 0 atom stereocenters. The third kappa shape index (κ3) is 6.15. The van der Waals surface area contributed by atoms with Gasteiger partial charge in [0.2, 0.25) is 11.8 Å². The maximum Gasteiger partial charge on any atom is 0.270 e. The molecule has 0 unspecified atom stereocenters. The zero-order valence-electron chi connectivity index (χ0n) is 17.5. The summed E-state index contributed by atoms with van der Waals surface area (Å²) < 4.78 is 0. The molecule has 0 aromatic heterocycles. The molecule has 1 fully saturated rings. The van der Waals surface area contributed by atoms with Crippen LogP contribution in [0.5, 0.6) is 0 Å². The summed E-state index contributed by atoms with van der Waals surface area (Å²) >= 11 is 0. The van der Waals surface area contributed by atoms with Gasteiger partial charge in [-0.1, -0.05) is 19.1 Å². The Hall–Kier alpha value is -3.68. The quantitative estimate of drug-likeness (QED) is 0.417. The number of carbonyl (C=O) groups excluding carboxylic acids is 2. The van der Waals surface area contributed by atoms with E-state index in [1.165, 1.54) is 24.3 Å². The molecule has 0 bridgehead atoms. The lowest BCUT2D eigenvalue weighted by Crippen LogP contribution is -2.48. The van der Waals surface area contributed by atoms with Gasteiger partial charge in [-0.2, -0.15) is 0 Å². The maximum atomic E-state index is 12.2.